The number of likely N-dealkylation sites (tertiary alicyclic amines) is 1. The maximum Gasteiger partial charge on any atom is 0.411 e. The standard InChI is InChI=1S/C26H36N2O2/c1-4-6-8-9-13-19-28-20-17-24(18-21-28)30-26(29)27-25(16-7-5-2)22(3)23-14-11-10-12-15-23/h4-12,14-16,22,24H,13,17-21H2,1-3H3,(H,27,29)/b6-4-,7-5-,9-8-,25-16+. The summed E-state index contributed by atoms with van der Waals surface area (Å²) in [5.41, 5.74) is 2.00. The molecule has 1 heterocycles. The van der Waals surface area contributed by atoms with Gasteiger partial charge in [-0.1, -0.05) is 73.7 Å². The van der Waals surface area contributed by atoms with Gasteiger partial charge in [-0.15, -0.1) is 0 Å². The molecule has 1 aromatic rings. The second-order valence-corrected chi connectivity index (χ2v) is 7.59. The van der Waals surface area contributed by atoms with E-state index in [2.05, 4.69) is 47.5 Å². The second kappa shape index (κ2) is 13.6. The Kier molecular flexibility index (Phi) is 10.7. The Balaban J connectivity index is 1.82. The summed E-state index contributed by atoms with van der Waals surface area (Å²) < 4.78 is 5.73. The number of ether oxygens (including phenoxy) is 1. The molecular formula is C26H36N2O2. The van der Waals surface area contributed by atoms with Crippen molar-refractivity contribution >= 4 is 6.09 Å². The molecule has 1 aromatic carbocycles. The summed E-state index contributed by atoms with van der Waals surface area (Å²) in [6.07, 6.45) is 16.7. The Morgan fingerprint density at radius 2 is 1.83 bits per heavy atom. The summed E-state index contributed by atoms with van der Waals surface area (Å²) in [7, 11) is 0. The number of allylic oxidation sites excluding steroid dienone is 7. The molecule has 1 fully saturated rings. The lowest BCUT2D eigenvalue weighted by Gasteiger charge is -2.31. The number of carbonyl (C=O) groups is 1. The maximum atomic E-state index is 12.5. The summed E-state index contributed by atoms with van der Waals surface area (Å²) in [5, 5.41) is 2.98. The second-order valence-electron chi connectivity index (χ2n) is 7.59. The van der Waals surface area contributed by atoms with Crippen molar-refractivity contribution in [2.24, 2.45) is 0 Å². The van der Waals surface area contributed by atoms with Gasteiger partial charge < -0.3 is 9.64 Å². The third kappa shape index (κ3) is 8.42. The van der Waals surface area contributed by atoms with E-state index in [1.807, 2.05) is 56.4 Å². The van der Waals surface area contributed by atoms with Gasteiger partial charge in [0, 0.05) is 31.2 Å². The van der Waals surface area contributed by atoms with Crippen LogP contribution in [0.3, 0.4) is 0 Å². The molecule has 1 amide bonds. The lowest BCUT2D eigenvalue weighted by molar-refractivity contribution is 0.0525. The van der Waals surface area contributed by atoms with Crippen molar-refractivity contribution in [1.82, 2.24) is 10.2 Å². The Morgan fingerprint density at radius 1 is 1.13 bits per heavy atom. The molecule has 4 heteroatoms. The number of amides is 1. The Hall–Kier alpha value is -2.59. The quantitative estimate of drug-likeness (QED) is 0.512. The number of alkyl carbamates (subject to hydrolysis) is 1. The number of carbonyl (C=O) groups excluding carboxylic acids is 1. The van der Waals surface area contributed by atoms with Gasteiger partial charge in [0.1, 0.15) is 6.10 Å². The minimum absolute atomic E-state index is 0.0187. The molecule has 0 spiro atoms. The van der Waals surface area contributed by atoms with Crippen LogP contribution in [0, 0.1) is 0 Å². The fourth-order valence-corrected chi connectivity index (χ4v) is 3.51. The van der Waals surface area contributed by atoms with Crippen LogP contribution >= 0.6 is 0 Å². The smallest absolute Gasteiger partial charge is 0.411 e. The molecule has 0 saturated carbocycles. The van der Waals surface area contributed by atoms with Gasteiger partial charge in [-0.25, -0.2) is 4.79 Å². The SMILES string of the molecule is C/C=C\C=C/CCN1CCC(OC(=O)N/C(=C/C=C\C)C(C)c2ccccc2)CC1. The van der Waals surface area contributed by atoms with Gasteiger partial charge >= 0.3 is 6.09 Å². The van der Waals surface area contributed by atoms with Crippen molar-refractivity contribution in [2.75, 3.05) is 19.6 Å². The Morgan fingerprint density at radius 3 is 2.50 bits per heavy atom. The number of hydrogen-bond acceptors (Lipinski definition) is 3. The molecule has 162 valence electrons. The van der Waals surface area contributed by atoms with Crippen molar-refractivity contribution in [1.29, 1.82) is 0 Å². The molecule has 1 atom stereocenters. The van der Waals surface area contributed by atoms with Gasteiger partial charge in [0.25, 0.3) is 0 Å². The molecule has 1 N–H and O–H groups in total. The third-order valence-corrected chi connectivity index (χ3v) is 5.34. The van der Waals surface area contributed by atoms with Crippen LogP contribution in [0.15, 0.2) is 78.6 Å². The van der Waals surface area contributed by atoms with E-state index in [1.165, 1.54) is 0 Å². The minimum Gasteiger partial charge on any atom is -0.446 e. The highest BCUT2D eigenvalue weighted by Gasteiger charge is 2.23. The van der Waals surface area contributed by atoms with E-state index in [1.54, 1.807) is 0 Å². The number of rotatable bonds is 9. The zero-order chi connectivity index (χ0) is 21.6. The van der Waals surface area contributed by atoms with Crippen LogP contribution in [-0.2, 0) is 4.74 Å². The average Bonchev–Trinajstić information content (AvgIpc) is 2.77. The van der Waals surface area contributed by atoms with Crippen LogP contribution in [0.4, 0.5) is 4.79 Å². The van der Waals surface area contributed by atoms with Gasteiger partial charge in [-0.05, 0) is 44.7 Å². The summed E-state index contributed by atoms with van der Waals surface area (Å²) in [6.45, 7) is 9.07. The van der Waals surface area contributed by atoms with Crippen LogP contribution in [-0.4, -0.2) is 36.7 Å². The number of hydrogen-bond donors (Lipinski definition) is 1. The molecule has 1 saturated heterocycles. The fraction of sp³-hybridized carbons (Fsp3) is 0.423. The molecule has 0 aliphatic carbocycles. The van der Waals surface area contributed by atoms with E-state index in [0.717, 1.165) is 50.2 Å². The van der Waals surface area contributed by atoms with Crippen LogP contribution in [0.25, 0.3) is 0 Å². The first-order valence-electron chi connectivity index (χ1n) is 11.0. The zero-order valence-corrected chi connectivity index (χ0v) is 18.6. The maximum absolute atomic E-state index is 12.5. The summed E-state index contributed by atoms with van der Waals surface area (Å²) in [4.78, 5) is 15.0. The number of piperidine rings is 1. The van der Waals surface area contributed by atoms with Crippen molar-refractivity contribution in [3.63, 3.8) is 0 Å². The lowest BCUT2D eigenvalue weighted by Crippen LogP contribution is -2.40. The lowest BCUT2D eigenvalue weighted by atomic mass is 9.97. The first kappa shape index (κ1) is 23.7. The summed E-state index contributed by atoms with van der Waals surface area (Å²) in [6, 6.07) is 10.2. The van der Waals surface area contributed by atoms with Crippen LogP contribution in [0.1, 0.15) is 51.5 Å². The van der Waals surface area contributed by atoms with Gasteiger partial charge in [-0.3, -0.25) is 5.32 Å². The highest BCUT2D eigenvalue weighted by atomic mass is 16.6. The molecule has 0 aromatic heterocycles. The molecule has 30 heavy (non-hydrogen) atoms. The zero-order valence-electron chi connectivity index (χ0n) is 18.6. The highest BCUT2D eigenvalue weighted by Crippen LogP contribution is 2.22. The fourth-order valence-electron chi connectivity index (χ4n) is 3.51. The van der Waals surface area contributed by atoms with E-state index >= 15 is 0 Å². The number of nitrogens with zero attached hydrogens (tertiary/aromatic N) is 1. The predicted molar refractivity (Wildman–Crippen MR) is 125 cm³/mol. The van der Waals surface area contributed by atoms with E-state index in [9.17, 15) is 4.79 Å². The number of nitrogens with one attached hydrogen (secondary N) is 1. The molecule has 0 bridgehead atoms. The largest absolute Gasteiger partial charge is 0.446 e. The van der Waals surface area contributed by atoms with Crippen LogP contribution in [0.2, 0.25) is 0 Å². The third-order valence-electron chi connectivity index (χ3n) is 5.34. The van der Waals surface area contributed by atoms with Gasteiger partial charge in [0.15, 0.2) is 0 Å². The van der Waals surface area contributed by atoms with E-state index < -0.39 is 0 Å². The molecule has 1 unspecified atom stereocenters. The molecule has 1 aliphatic heterocycles. The summed E-state index contributed by atoms with van der Waals surface area (Å²) >= 11 is 0. The highest BCUT2D eigenvalue weighted by molar-refractivity contribution is 5.70. The molecule has 0 radical (unpaired) electrons. The van der Waals surface area contributed by atoms with Crippen molar-refractivity contribution < 1.29 is 9.53 Å². The van der Waals surface area contributed by atoms with Crippen LogP contribution < -0.4 is 5.32 Å². The van der Waals surface area contributed by atoms with E-state index in [-0.39, 0.29) is 18.1 Å². The molecule has 2 rings (SSSR count). The molecular weight excluding hydrogens is 372 g/mol. The summed E-state index contributed by atoms with van der Waals surface area (Å²) in [5.74, 6) is 0.0763. The minimum atomic E-state index is -0.360. The topological polar surface area (TPSA) is 41.6 Å². The van der Waals surface area contributed by atoms with Crippen molar-refractivity contribution in [2.45, 2.75) is 52.1 Å². The average molecular weight is 409 g/mol. The Labute approximate surface area is 182 Å². The first-order chi connectivity index (χ1) is 14.6. The monoisotopic (exact) mass is 408 g/mol. The van der Waals surface area contributed by atoms with Gasteiger partial charge in [-0.2, -0.15) is 0 Å². The first-order valence-corrected chi connectivity index (χ1v) is 11.0. The predicted octanol–water partition coefficient (Wildman–Crippen LogP) is 5.96. The van der Waals surface area contributed by atoms with Crippen molar-refractivity contribution in [3.05, 3.63) is 84.1 Å². The normalized spacial score (nSPS) is 17.8. The Bertz CT molecular complexity index is 742. The van der Waals surface area contributed by atoms with Crippen molar-refractivity contribution in [3.8, 4) is 0 Å². The van der Waals surface area contributed by atoms with Gasteiger partial charge in [0.2, 0.25) is 0 Å². The molecule has 1 aliphatic rings. The molecule has 4 nitrogen and oxygen atoms in total. The number of benzene rings is 1. The van der Waals surface area contributed by atoms with E-state index in [0.29, 0.717) is 0 Å². The van der Waals surface area contributed by atoms with Crippen LogP contribution in [0.5, 0.6) is 0 Å². The van der Waals surface area contributed by atoms with E-state index in [4.69, 9.17) is 4.74 Å². The van der Waals surface area contributed by atoms with Gasteiger partial charge in [0.05, 0.1) is 0 Å².